The summed E-state index contributed by atoms with van der Waals surface area (Å²) < 4.78 is 23.1. The van der Waals surface area contributed by atoms with E-state index in [1.54, 1.807) is 22.9 Å². The van der Waals surface area contributed by atoms with E-state index in [4.69, 9.17) is 4.74 Å². The van der Waals surface area contributed by atoms with Crippen molar-refractivity contribution in [1.82, 2.24) is 10.2 Å². The number of halogens is 1. The summed E-state index contributed by atoms with van der Waals surface area (Å²) in [5.74, 6) is -1.18. The minimum atomic E-state index is -3.48. The number of anilines is 2. The van der Waals surface area contributed by atoms with Crippen LogP contribution >= 0.6 is 0 Å². The van der Waals surface area contributed by atoms with Crippen molar-refractivity contribution in [2.45, 2.75) is 69.6 Å². The summed E-state index contributed by atoms with van der Waals surface area (Å²) in [5, 5.41) is 16.1. The third-order valence-corrected chi connectivity index (χ3v) is 12.8. The number of piperidine rings is 1. The van der Waals surface area contributed by atoms with Crippen LogP contribution in [0, 0.1) is 11.8 Å². The number of amides is 3. The lowest BCUT2D eigenvalue weighted by atomic mass is 9.82. The summed E-state index contributed by atoms with van der Waals surface area (Å²) in [4.78, 5) is 44.8. The van der Waals surface area contributed by atoms with Gasteiger partial charge in [0.25, 0.3) is 5.91 Å². The Morgan fingerprint density at radius 3 is 2.53 bits per heavy atom. The van der Waals surface area contributed by atoms with Gasteiger partial charge in [0.05, 0.1) is 37.3 Å². The van der Waals surface area contributed by atoms with Crippen LogP contribution in [0.5, 0.6) is 0 Å². The number of fused-ring (bicyclic) bond motifs is 2. The summed E-state index contributed by atoms with van der Waals surface area (Å²) >= 11 is 0. The summed E-state index contributed by atoms with van der Waals surface area (Å²) in [6, 6.07) is 24.5. The molecule has 3 aromatic carbocycles. The Hall–Kier alpha value is -3.90. The second-order valence-electron chi connectivity index (χ2n) is 14.1. The zero-order chi connectivity index (χ0) is 34.8. The molecule has 11 heteroatoms. The molecule has 3 aliphatic heterocycles. The van der Waals surface area contributed by atoms with Gasteiger partial charge in [-0.2, -0.15) is 0 Å². The van der Waals surface area contributed by atoms with Gasteiger partial charge in [0.15, 0.2) is 5.60 Å². The van der Waals surface area contributed by atoms with Crippen LogP contribution in [0.3, 0.4) is 0 Å². The van der Waals surface area contributed by atoms with Gasteiger partial charge in [0.1, 0.15) is 0 Å². The second kappa shape index (κ2) is 14.5. The predicted molar refractivity (Wildman–Crippen MR) is 190 cm³/mol. The SMILES string of the molecule is C[C@@H]1[C@@H]([Si](C)(C)F)[C@H](CC(=O)N(CCO)Cc2ccccc2)O[C@@]12C(=O)N(Cc1cccc(NC(=O)C3CCCNC3)c1)c1ccccc12. The molecule has 0 aromatic heterocycles. The number of rotatable bonds is 11. The molecule has 49 heavy (non-hydrogen) atoms. The molecule has 0 radical (unpaired) electrons. The molecule has 0 aliphatic carbocycles. The van der Waals surface area contributed by atoms with Gasteiger partial charge in [0.2, 0.25) is 20.2 Å². The summed E-state index contributed by atoms with van der Waals surface area (Å²) in [5.41, 5.74) is 1.70. The number of para-hydroxylation sites is 1. The van der Waals surface area contributed by atoms with Crippen molar-refractivity contribution in [1.29, 1.82) is 0 Å². The van der Waals surface area contributed by atoms with Crippen molar-refractivity contribution < 1.29 is 28.3 Å². The third kappa shape index (κ3) is 7.08. The van der Waals surface area contributed by atoms with Gasteiger partial charge in [-0.1, -0.05) is 67.6 Å². The van der Waals surface area contributed by atoms with Crippen LogP contribution in [-0.4, -0.2) is 68.5 Å². The van der Waals surface area contributed by atoms with E-state index in [0.717, 1.165) is 30.5 Å². The molecule has 3 heterocycles. The Bertz CT molecular complexity index is 1660. The number of ether oxygens (including phenoxy) is 1. The van der Waals surface area contributed by atoms with Crippen LogP contribution in [0.15, 0.2) is 78.9 Å². The Kier molecular flexibility index (Phi) is 10.4. The highest BCUT2D eigenvalue weighted by molar-refractivity contribution is 6.72. The molecule has 0 saturated carbocycles. The van der Waals surface area contributed by atoms with Crippen LogP contribution in [0.1, 0.15) is 42.9 Å². The van der Waals surface area contributed by atoms with Gasteiger partial charge in [-0.3, -0.25) is 14.4 Å². The first-order valence-electron chi connectivity index (χ1n) is 17.3. The molecule has 2 fully saturated rings. The van der Waals surface area contributed by atoms with E-state index in [2.05, 4.69) is 10.6 Å². The molecule has 2 saturated heterocycles. The van der Waals surface area contributed by atoms with E-state index < -0.39 is 31.6 Å². The lowest BCUT2D eigenvalue weighted by Crippen LogP contribution is -2.45. The van der Waals surface area contributed by atoms with Crippen molar-refractivity contribution in [2.75, 3.05) is 36.5 Å². The average molecular weight is 687 g/mol. The zero-order valence-corrected chi connectivity index (χ0v) is 29.5. The number of carbonyl (C=O) groups excluding carboxylic acids is 3. The topological polar surface area (TPSA) is 111 Å². The number of aliphatic hydroxyl groups excluding tert-OH is 1. The number of hydrogen-bond donors (Lipinski definition) is 3. The summed E-state index contributed by atoms with van der Waals surface area (Å²) in [6.45, 7) is 7.17. The molecule has 3 amide bonds. The number of nitrogens with one attached hydrogen (secondary N) is 2. The molecule has 5 atom stereocenters. The Morgan fingerprint density at radius 1 is 1.08 bits per heavy atom. The zero-order valence-electron chi connectivity index (χ0n) is 28.5. The highest BCUT2D eigenvalue weighted by Crippen LogP contribution is 2.60. The maximum atomic E-state index is 16.3. The lowest BCUT2D eigenvalue weighted by molar-refractivity contribution is -0.150. The maximum absolute atomic E-state index is 16.3. The van der Waals surface area contributed by atoms with Crippen molar-refractivity contribution >= 4 is 37.5 Å². The second-order valence-corrected chi connectivity index (χ2v) is 17.9. The minimum Gasteiger partial charge on any atom is -0.395 e. The molecule has 1 spiro atoms. The maximum Gasteiger partial charge on any atom is 0.264 e. The van der Waals surface area contributed by atoms with E-state index in [9.17, 15) is 19.5 Å². The monoisotopic (exact) mass is 686 g/mol. The van der Waals surface area contributed by atoms with Crippen LogP contribution in [0.4, 0.5) is 15.5 Å². The first-order chi connectivity index (χ1) is 23.5. The van der Waals surface area contributed by atoms with E-state index >= 15 is 4.11 Å². The van der Waals surface area contributed by atoms with E-state index in [1.165, 1.54) is 0 Å². The quantitative estimate of drug-likeness (QED) is 0.185. The average Bonchev–Trinajstić information content (AvgIpc) is 3.51. The molecular weight excluding hydrogens is 640 g/mol. The van der Waals surface area contributed by atoms with Crippen LogP contribution < -0.4 is 15.5 Å². The summed E-state index contributed by atoms with van der Waals surface area (Å²) in [6.07, 6.45) is 0.883. The van der Waals surface area contributed by atoms with Gasteiger partial charge < -0.3 is 34.4 Å². The van der Waals surface area contributed by atoms with Crippen molar-refractivity contribution in [3.05, 3.63) is 95.6 Å². The third-order valence-electron chi connectivity index (χ3n) is 10.4. The number of hydrogen-bond acceptors (Lipinski definition) is 6. The van der Waals surface area contributed by atoms with Gasteiger partial charge >= 0.3 is 0 Å². The highest BCUT2D eigenvalue weighted by atomic mass is 28.4. The van der Waals surface area contributed by atoms with Gasteiger partial charge in [-0.05, 0) is 61.8 Å². The Balaban J connectivity index is 1.26. The summed E-state index contributed by atoms with van der Waals surface area (Å²) in [7, 11) is -3.48. The molecule has 3 aliphatic rings. The molecule has 0 bridgehead atoms. The Labute approximate surface area is 289 Å². The van der Waals surface area contributed by atoms with Gasteiger partial charge in [-0.25, -0.2) is 0 Å². The molecule has 6 rings (SSSR count). The van der Waals surface area contributed by atoms with Crippen LogP contribution in [-0.2, 0) is 37.8 Å². The fraction of sp³-hybridized carbons (Fsp3) is 0.447. The number of benzene rings is 3. The van der Waals surface area contributed by atoms with Crippen molar-refractivity contribution in [3.8, 4) is 0 Å². The number of aliphatic hydroxyl groups is 1. The molecule has 3 N–H and O–H groups in total. The molecule has 3 aromatic rings. The first-order valence-corrected chi connectivity index (χ1v) is 20.3. The first kappa shape index (κ1) is 34.9. The van der Waals surface area contributed by atoms with Crippen LogP contribution in [0.25, 0.3) is 0 Å². The van der Waals surface area contributed by atoms with Gasteiger partial charge in [0, 0.05) is 42.3 Å². The molecule has 9 nitrogen and oxygen atoms in total. The van der Waals surface area contributed by atoms with Crippen LogP contribution in [0.2, 0.25) is 18.6 Å². The van der Waals surface area contributed by atoms with E-state index in [1.807, 2.05) is 85.8 Å². The largest absolute Gasteiger partial charge is 0.395 e. The van der Waals surface area contributed by atoms with Gasteiger partial charge in [-0.15, -0.1) is 0 Å². The molecule has 260 valence electrons. The highest BCUT2D eigenvalue weighted by Gasteiger charge is 2.67. The predicted octanol–water partition coefficient (Wildman–Crippen LogP) is 5.36. The molecular formula is C38H47FN4O5Si. The van der Waals surface area contributed by atoms with E-state index in [-0.39, 0.29) is 49.8 Å². The fourth-order valence-electron chi connectivity index (χ4n) is 8.13. The van der Waals surface area contributed by atoms with Crippen molar-refractivity contribution in [2.24, 2.45) is 11.8 Å². The Morgan fingerprint density at radius 2 is 1.82 bits per heavy atom. The lowest BCUT2D eigenvalue weighted by Gasteiger charge is -2.31. The fourth-order valence-corrected chi connectivity index (χ4v) is 10.6. The van der Waals surface area contributed by atoms with Crippen molar-refractivity contribution in [3.63, 3.8) is 0 Å². The normalized spacial score (nSPS) is 25.0. The minimum absolute atomic E-state index is 0.0231. The smallest absolute Gasteiger partial charge is 0.264 e. The van der Waals surface area contributed by atoms with E-state index in [0.29, 0.717) is 30.0 Å². The number of carbonyl (C=O) groups is 3. The molecule has 1 unspecified atom stereocenters. The number of nitrogens with zero attached hydrogens (tertiary/aromatic N) is 2. The standard InChI is InChI=1S/C38H47FN4O5Si/c1-26-35(49(2,3)39)33(22-34(45)42(19-20-44)24-27-11-5-4-6-12-27)48-38(26)31-16-7-8-17-32(31)43(37(38)47)25-28-13-9-15-30(21-28)41-36(46)29-14-10-18-40-23-29/h4-9,11-13,15-17,21,26,29,33,35,40,44H,10,14,18-20,22-25H2,1-3H3,(H,41,46)/t26-,29?,33+,35-,38+/m1/s1.